The van der Waals surface area contributed by atoms with Crippen molar-refractivity contribution in [1.29, 1.82) is 0 Å². The third-order valence-electron chi connectivity index (χ3n) is 6.59. The number of carbonyl (C=O) groups is 3. The number of carboxylic acids is 1. The van der Waals surface area contributed by atoms with Crippen molar-refractivity contribution in [3.63, 3.8) is 0 Å². The van der Waals surface area contributed by atoms with Crippen LogP contribution in [0.3, 0.4) is 0 Å². The van der Waals surface area contributed by atoms with Gasteiger partial charge in [-0.1, -0.05) is 48.5 Å². The summed E-state index contributed by atoms with van der Waals surface area (Å²) in [5, 5.41) is 11.7. The minimum absolute atomic E-state index is 0.0166. The molecule has 4 rings (SSSR count). The van der Waals surface area contributed by atoms with Crippen LogP contribution >= 0.6 is 0 Å². The predicted octanol–water partition coefficient (Wildman–Crippen LogP) is 3.63. The largest absolute Gasteiger partial charge is 0.481 e. The smallest absolute Gasteiger partial charge is 0.407 e. The van der Waals surface area contributed by atoms with E-state index in [2.05, 4.69) is 29.6 Å². The molecule has 2 N–H and O–H groups in total. The fourth-order valence-electron chi connectivity index (χ4n) is 4.61. The van der Waals surface area contributed by atoms with Crippen molar-refractivity contribution >= 4 is 18.0 Å². The van der Waals surface area contributed by atoms with Crippen LogP contribution in [0, 0.1) is 5.92 Å². The summed E-state index contributed by atoms with van der Waals surface area (Å²) >= 11 is 0. The van der Waals surface area contributed by atoms with Crippen molar-refractivity contribution in [3.8, 4) is 11.1 Å². The predicted molar refractivity (Wildman–Crippen MR) is 119 cm³/mol. The maximum Gasteiger partial charge on any atom is 0.407 e. The number of aliphatic carboxylic acids is 1. The third-order valence-corrected chi connectivity index (χ3v) is 6.59. The molecule has 1 atom stereocenters. The van der Waals surface area contributed by atoms with E-state index in [1.54, 1.807) is 18.9 Å². The van der Waals surface area contributed by atoms with Crippen molar-refractivity contribution < 1.29 is 24.2 Å². The third kappa shape index (κ3) is 4.33. The van der Waals surface area contributed by atoms with Gasteiger partial charge in [0, 0.05) is 31.5 Å². The summed E-state index contributed by atoms with van der Waals surface area (Å²) in [6.45, 7) is 1.98. The van der Waals surface area contributed by atoms with Gasteiger partial charge in [-0.2, -0.15) is 0 Å². The lowest BCUT2D eigenvalue weighted by Crippen LogP contribution is -2.49. The zero-order chi connectivity index (χ0) is 22.8. The Morgan fingerprint density at radius 2 is 1.62 bits per heavy atom. The molecule has 0 unspecified atom stereocenters. The molecule has 2 aliphatic rings. The van der Waals surface area contributed by atoms with Crippen molar-refractivity contribution in [1.82, 2.24) is 10.2 Å². The van der Waals surface area contributed by atoms with Crippen molar-refractivity contribution in [2.24, 2.45) is 5.92 Å². The topological polar surface area (TPSA) is 95.9 Å². The fraction of sp³-hybridized carbons (Fsp3) is 0.400. The SMILES string of the molecule is C[C@H](CC(=O)N(C)C1CC(C(=O)O)C1)NC(=O)OCC1c2ccccc2-c2ccccc21. The van der Waals surface area contributed by atoms with E-state index in [0.29, 0.717) is 12.8 Å². The van der Waals surface area contributed by atoms with Gasteiger partial charge in [0.2, 0.25) is 5.91 Å². The first-order chi connectivity index (χ1) is 15.3. The van der Waals surface area contributed by atoms with Crippen LogP contribution in [-0.2, 0) is 14.3 Å². The molecule has 1 saturated carbocycles. The standard InChI is InChI=1S/C25H28N2O5/c1-15(11-23(28)27(2)17-12-16(13-17)24(29)30)26-25(31)32-14-22-20-9-5-3-7-18(20)19-8-4-6-10-21(19)22/h3-10,15-17,22H,11-14H2,1-2H3,(H,26,31)(H,29,30)/t15-,16?,17?/m1/s1. The number of hydrogen-bond donors (Lipinski definition) is 2. The Morgan fingerprint density at radius 3 is 2.19 bits per heavy atom. The van der Waals surface area contributed by atoms with Gasteiger partial charge in [-0.05, 0) is 42.0 Å². The molecule has 0 aromatic heterocycles. The number of amides is 2. The van der Waals surface area contributed by atoms with Crippen LogP contribution < -0.4 is 5.32 Å². The summed E-state index contributed by atoms with van der Waals surface area (Å²) in [6, 6.07) is 15.8. The second-order valence-corrected chi connectivity index (χ2v) is 8.74. The van der Waals surface area contributed by atoms with Crippen LogP contribution in [0.25, 0.3) is 11.1 Å². The van der Waals surface area contributed by atoms with Gasteiger partial charge in [0.1, 0.15) is 6.61 Å². The summed E-state index contributed by atoms with van der Waals surface area (Å²) in [6.07, 6.45) is 0.538. The highest BCUT2D eigenvalue weighted by Crippen LogP contribution is 2.44. The van der Waals surface area contributed by atoms with Gasteiger partial charge >= 0.3 is 12.1 Å². The Hall–Kier alpha value is -3.35. The highest BCUT2D eigenvalue weighted by molar-refractivity contribution is 5.80. The van der Waals surface area contributed by atoms with E-state index < -0.39 is 18.1 Å². The molecule has 2 aromatic rings. The molecule has 2 aromatic carbocycles. The van der Waals surface area contributed by atoms with Crippen molar-refractivity contribution in [2.75, 3.05) is 13.7 Å². The number of alkyl carbamates (subject to hydrolysis) is 1. The van der Waals surface area contributed by atoms with E-state index in [1.165, 1.54) is 11.1 Å². The first-order valence-electron chi connectivity index (χ1n) is 10.9. The van der Waals surface area contributed by atoms with E-state index in [-0.39, 0.29) is 36.8 Å². The van der Waals surface area contributed by atoms with E-state index in [9.17, 15) is 14.4 Å². The number of rotatable bonds is 7. The van der Waals surface area contributed by atoms with Gasteiger partial charge in [0.15, 0.2) is 0 Å². The Kier molecular flexibility index (Phi) is 6.17. The minimum atomic E-state index is -0.813. The molecule has 7 nitrogen and oxygen atoms in total. The zero-order valence-corrected chi connectivity index (χ0v) is 18.3. The van der Waals surface area contributed by atoms with Crippen LogP contribution in [0.15, 0.2) is 48.5 Å². The highest BCUT2D eigenvalue weighted by atomic mass is 16.5. The van der Waals surface area contributed by atoms with E-state index in [0.717, 1.165) is 11.1 Å². The van der Waals surface area contributed by atoms with Crippen molar-refractivity contribution in [2.45, 2.75) is 44.2 Å². The Balaban J connectivity index is 1.27. The average Bonchev–Trinajstić information content (AvgIpc) is 3.04. The number of carboxylic acid groups (broad SMARTS) is 1. The molecule has 2 aliphatic carbocycles. The highest BCUT2D eigenvalue weighted by Gasteiger charge is 2.38. The Labute approximate surface area is 187 Å². The molecule has 0 bridgehead atoms. The van der Waals surface area contributed by atoms with Gasteiger partial charge in [-0.3, -0.25) is 9.59 Å². The maximum absolute atomic E-state index is 12.5. The molecule has 2 amide bonds. The molecule has 7 heteroatoms. The lowest BCUT2D eigenvalue weighted by atomic mass is 9.79. The van der Waals surface area contributed by atoms with Crippen LogP contribution in [0.2, 0.25) is 0 Å². The first-order valence-corrected chi connectivity index (χ1v) is 10.9. The summed E-state index contributed by atoms with van der Waals surface area (Å²) in [5.41, 5.74) is 4.62. The summed E-state index contributed by atoms with van der Waals surface area (Å²) in [7, 11) is 1.69. The summed E-state index contributed by atoms with van der Waals surface area (Å²) in [5.74, 6) is -1.32. The molecule has 168 valence electrons. The van der Waals surface area contributed by atoms with Crippen molar-refractivity contribution in [3.05, 3.63) is 59.7 Å². The summed E-state index contributed by atoms with van der Waals surface area (Å²) < 4.78 is 5.53. The fourth-order valence-corrected chi connectivity index (χ4v) is 4.61. The van der Waals surface area contributed by atoms with Crippen LogP contribution in [0.5, 0.6) is 0 Å². The zero-order valence-electron chi connectivity index (χ0n) is 18.3. The Bertz CT molecular complexity index is 985. The molecule has 0 radical (unpaired) electrons. The molecule has 0 spiro atoms. The van der Waals surface area contributed by atoms with E-state index in [1.807, 2.05) is 24.3 Å². The maximum atomic E-state index is 12.5. The summed E-state index contributed by atoms with van der Waals surface area (Å²) in [4.78, 5) is 37.4. The quantitative estimate of drug-likeness (QED) is 0.691. The molecule has 0 aliphatic heterocycles. The molecular formula is C25H28N2O5. The van der Waals surface area contributed by atoms with Gasteiger partial charge in [0.05, 0.1) is 5.92 Å². The van der Waals surface area contributed by atoms with E-state index in [4.69, 9.17) is 9.84 Å². The van der Waals surface area contributed by atoms with Gasteiger partial charge in [0.25, 0.3) is 0 Å². The van der Waals surface area contributed by atoms with Gasteiger partial charge in [-0.15, -0.1) is 0 Å². The van der Waals surface area contributed by atoms with E-state index >= 15 is 0 Å². The number of carbonyl (C=O) groups excluding carboxylic acids is 2. The van der Waals surface area contributed by atoms with Gasteiger partial charge in [-0.25, -0.2) is 4.79 Å². The number of benzene rings is 2. The number of ether oxygens (including phenoxy) is 1. The Morgan fingerprint density at radius 1 is 1.06 bits per heavy atom. The lowest BCUT2D eigenvalue weighted by Gasteiger charge is -2.39. The monoisotopic (exact) mass is 436 g/mol. The van der Waals surface area contributed by atoms with Crippen LogP contribution in [0.1, 0.15) is 43.2 Å². The first kappa shape index (κ1) is 21.9. The number of fused-ring (bicyclic) bond motifs is 3. The normalized spacial score (nSPS) is 19.8. The average molecular weight is 437 g/mol. The lowest BCUT2D eigenvalue weighted by molar-refractivity contribution is -0.150. The minimum Gasteiger partial charge on any atom is -0.481 e. The number of hydrogen-bond acceptors (Lipinski definition) is 4. The molecule has 0 heterocycles. The molecule has 0 saturated heterocycles. The van der Waals surface area contributed by atoms with Crippen LogP contribution in [0.4, 0.5) is 4.79 Å². The molecular weight excluding hydrogens is 408 g/mol. The molecule has 32 heavy (non-hydrogen) atoms. The van der Waals surface area contributed by atoms with Crippen LogP contribution in [-0.4, -0.2) is 53.7 Å². The second-order valence-electron chi connectivity index (χ2n) is 8.74. The van der Waals surface area contributed by atoms with Gasteiger partial charge < -0.3 is 20.1 Å². The number of nitrogens with zero attached hydrogens (tertiary/aromatic N) is 1. The second kappa shape index (κ2) is 9.02. The molecule has 1 fully saturated rings. The number of nitrogens with one attached hydrogen (secondary N) is 1.